The Bertz CT molecular complexity index is 1130. The van der Waals surface area contributed by atoms with Crippen molar-refractivity contribution >= 4 is 59.3 Å². The molecule has 3 heterocycles. The van der Waals surface area contributed by atoms with Crippen LogP contribution in [-0.2, 0) is 33.4 Å². The zero-order valence-electron chi connectivity index (χ0n) is 20.4. The summed E-state index contributed by atoms with van der Waals surface area (Å²) >= 11 is 2.39. The van der Waals surface area contributed by atoms with Crippen molar-refractivity contribution in [1.82, 2.24) is 20.9 Å². The van der Waals surface area contributed by atoms with Gasteiger partial charge in [-0.05, 0) is 32.2 Å². The predicted octanol–water partition coefficient (Wildman–Crippen LogP) is 0.0884. The van der Waals surface area contributed by atoms with Gasteiger partial charge in [-0.25, -0.2) is 9.59 Å². The lowest BCUT2D eigenvalue weighted by Gasteiger charge is -2.50. The molecule has 1 aromatic heterocycles. The van der Waals surface area contributed by atoms with E-state index in [2.05, 4.69) is 16.0 Å². The highest BCUT2D eigenvalue weighted by atomic mass is 32.2. The van der Waals surface area contributed by atoms with E-state index < -0.39 is 59.1 Å². The van der Waals surface area contributed by atoms with Gasteiger partial charge < -0.3 is 31.2 Å². The number of carbonyl (C=O) groups excluding carboxylic acids is 6. The monoisotopic (exact) mass is 553 g/mol. The van der Waals surface area contributed by atoms with Crippen LogP contribution < -0.4 is 21.7 Å². The highest BCUT2D eigenvalue weighted by molar-refractivity contribution is 8.00. The maximum atomic E-state index is 13.3. The Morgan fingerprint density at radius 2 is 1.95 bits per heavy atom. The average Bonchev–Trinajstić information content (AvgIpc) is 3.32. The number of β-lactam (4-membered cyclic amide) rings is 1. The topological polar surface area (TPSA) is 186 Å². The summed E-state index contributed by atoms with van der Waals surface area (Å²) in [5.74, 6) is -2.94. The van der Waals surface area contributed by atoms with Crippen LogP contribution in [0.4, 0.5) is 4.79 Å². The molecule has 1 fully saturated rings. The first-order valence-electron chi connectivity index (χ1n) is 11.0. The number of hydrogen-bond acceptors (Lipinski definition) is 10. The highest BCUT2D eigenvalue weighted by Crippen LogP contribution is 2.42. The third-order valence-corrected chi connectivity index (χ3v) is 7.33. The number of primary amides is 1. The van der Waals surface area contributed by atoms with E-state index in [1.807, 2.05) is 0 Å². The summed E-state index contributed by atoms with van der Waals surface area (Å²) in [6.45, 7) is 6.03. The van der Waals surface area contributed by atoms with E-state index in [1.54, 1.807) is 38.3 Å². The van der Waals surface area contributed by atoms with E-state index in [4.69, 9.17) is 15.2 Å². The van der Waals surface area contributed by atoms with Gasteiger partial charge in [0.2, 0.25) is 12.6 Å². The van der Waals surface area contributed by atoms with Crippen molar-refractivity contribution < 1.29 is 38.2 Å². The minimum Gasteiger partial charge on any atom is -0.455 e. The average molecular weight is 554 g/mol. The van der Waals surface area contributed by atoms with E-state index in [0.717, 1.165) is 11.8 Å². The van der Waals surface area contributed by atoms with Gasteiger partial charge in [0.25, 0.3) is 11.8 Å². The second-order valence-electron chi connectivity index (χ2n) is 9.00. The minimum atomic E-state index is -1.48. The van der Waals surface area contributed by atoms with Crippen molar-refractivity contribution in [2.75, 3.05) is 5.75 Å². The number of thiophene rings is 1. The largest absolute Gasteiger partial charge is 0.455 e. The Labute approximate surface area is 220 Å². The van der Waals surface area contributed by atoms with Gasteiger partial charge in [0.1, 0.15) is 28.8 Å². The number of ether oxygens (including phenoxy) is 2. The summed E-state index contributed by atoms with van der Waals surface area (Å²) in [5.41, 5.74) is 4.21. The summed E-state index contributed by atoms with van der Waals surface area (Å²) in [4.78, 5) is 75.5. The maximum Gasteiger partial charge on any atom is 0.355 e. The number of fused-ring (bicyclic) bond motifs is 1. The van der Waals surface area contributed by atoms with E-state index in [1.165, 1.54) is 23.1 Å². The summed E-state index contributed by atoms with van der Waals surface area (Å²) in [7, 11) is 0. The lowest BCUT2D eigenvalue weighted by Crippen LogP contribution is -2.70. The molecule has 2 aliphatic rings. The Balaban J connectivity index is 2.03. The maximum absolute atomic E-state index is 13.3. The molecule has 0 radical (unpaired) electrons. The number of nitrogens with two attached hydrogens (primary N) is 1. The number of urea groups is 1. The molecule has 200 valence electrons. The summed E-state index contributed by atoms with van der Waals surface area (Å²) < 4.78 is 10.9. The highest BCUT2D eigenvalue weighted by Gasteiger charge is 2.55. The fourth-order valence-corrected chi connectivity index (χ4v) is 5.84. The van der Waals surface area contributed by atoms with Gasteiger partial charge in [0.05, 0.1) is 0 Å². The van der Waals surface area contributed by atoms with Crippen LogP contribution in [-0.4, -0.2) is 70.1 Å². The van der Waals surface area contributed by atoms with E-state index in [-0.39, 0.29) is 17.0 Å². The SMILES string of the molecule is CC(=O)OC(NC(=O)C(NC(N)=O)c1cccs1)C1=C(C(=O)OC(C)(C)C)N2C(=O)[C@H](NC=O)[C@H]2SC1. The van der Waals surface area contributed by atoms with Crippen molar-refractivity contribution in [3.8, 4) is 0 Å². The van der Waals surface area contributed by atoms with Crippen molar-refractivity contribution in [2.24, 2.45) is 5.73 Å². The van der Waals surface area contributed by atoms with Crippen molar-refractivity contribution in [3.05, 3.63) is 33.7 Å². The first-order chi connectivity index (χ1) is 17.3. The second kappa shape index (κ2) is 11.2. The molecule has 3 rings (SSSR count). The van der Waals surface area contributed by atoms with Gasteiger partial charge in [-0.2, -0.15) is 0 Å². The van der Waals surface area contributed by atoms with Crippen LogP contribution in [0.2, 0.25) is 0 Å². The Morgan fingerprint density at radius 1 is 1.24 bits per heavy atom. The number of nitrogens with one attached hydrogen (secondary N) is 3. The normalized spacial score (nSPS) is 20.5. The first kappa shape index (κ1) is 28.0. The summed E-state index contributed by atoms with van der Waals surface area (Å²) in [5, 5.41) is 8.39. The summed E-state index contributed by atoms with van der Waals surface area (Å²) in [6.07, 6.45) is -1.09. The van der Waals surface area contributed by atoms with Crippen LogP contribution in [0, 0.1) is 0 Å². The van der Waals surface area contributed by atoms with E-state index in [9.17, 15) is 28.8 Å². The molecule has 5 N–H and O–H groups in total. The Hall–Kier alpha value is -3.59. The molecule has 37 heavy (non-hydrogen) atoms. The zero-order chi connectivity index (χ0) is 27.5. The Kier molecular flexibility index (Phi) is 8.48. The van der Waals surface area contributed by atoms with Gasteiger partial charge in [0, 0.05) is 23.1 Å². The molecule has 4 atom stereocenters. The van der Waals surface area contributed by atoms with Gasteiger partial charge in [0.15, 0.2) is 0 Å². The standard InChI is InChI=1S/C22H27N5O8S2/c1-10(29)34-17(26-16(30)13(25-21(23)33)12-6-5-7-36-12)11-8-37-19-14(24-9-28)18(31)27(19)15(11)20(32)35-22(2,3)4/h5-7,9,13-14,17,19H,8H2,1-4H3,(H,24,28)(H,26,30)(H3,23,25,33)/t13?,14-,17?,19+/m0/s1. The molecule has 2 unspecified atom stereocenters. The lowest BCUT2D eigenvalue weighted by atomic mass is 10.0. The molecule has 0 saturated carbocycles. The van der Waals surface area contributed by atoms with Gasteiger partial charge >= 0.3 is 18.0 Å². The molecule has 0 bridgehead atoms. The van der Waals surface area contributed by atoms with Crippen LogP contribution in [0.3, 0.4) is 0 Å². The number of esters is 2. The minimum absolute atomic E-state index is 0.0468. The smallest absolute Gasteiger partial charge is 0.355 e. The number of carbonyl (C=O) groups is 6. The summed E-state index contributed by atoms with van der Waals surface area (Å²) in [6, 6.07) is 0.259. The van der Waals surface area contributed by atoms with Gasteiger partial charge in [-0.1, -0.05) is 6.07 Å². The molecule has 15 heteroatoms. The van der Waals surface area contributed by atoms with Crippen molar-refractivity contribution in [3.63, 3.8) is 0 Å². The molecule has 1 saturated heterocycles. The fourth-order valence-electron chi connectivity index (χ4n) is 3.68. The molecule has 2 aliphatic heterocycles. The van der Waals surface area contributed by atoms with Crippen LogP contribution in [0.15, 0.2) is 28.8 Å². The number of rotatable bonds is 9. The second-order valence-corrected chi connectivity index (χ2v) is 11.1. The van der Waals surface area contributed by atoms with E-state index >= 15 is 0 Å². The van der Waals surface area contributed by atoms with Crippen molar-refractivity contribution in [2.45, 2.75) is 57.0 Å². The molecular weight excluding hydrogens is 526 g/mol. The van der Waals surface area contributed by atoms with E-state index in [0.29, 0.717) is 11.3 Å². The van der Waals surface area contributed by atoms with Crippen LogP contribution in [0.1, 0.15) is 38.6 Å². The molecule has 0 spiro atoms. The van der Waals surface area contributed by atoms with Crippen molar-refractivity contribution in [1.29, 1.82) is 0 Å². The van der Waals surface area contributed by atoms with Crippen LogP contribution in [0.5, 0.6) is 0 Å². The Morgan fingerprint density at radius 3 is 2.49 bits per heavy atom. The number of nitrogens with zero attached hydrogens (tertiary/aromatic N) is 1. The molecular formula is C22H27N5O8S2. The van der Waals surface area contributed by atoms with Gasteiger partial charge in [-0.15, -0.1) is 23.1 Å². The quantitative estimate of drug-likeness (QED) is 0.142. The number of thioether (sulfide) groups is 1. The fraction of sp³-hybridized carbons (Fsp3) is 0.455. The lowest BCUT2D eigenvalue weighted by molar-refractivity contribution is -0.159. The third kappa shape index (κ3) is 6.40. The number of amides is 5. The van der Waals surface area contributed by atoms with Gasteiger partial charge in [-0.3, -0.25) is 24.1 Å². The van der Waals surface area contributed by atoms with Crippen LogP contribution in [0.25, 0.3) is 0 Å². The number of hydrogen-bond donors (Lipinski definition) is 4. The predicted molar refractivity (Wildman–Crippen MR) is 132 cm³/mol. The molecule has 0 aliphatic carbocycles. The molecule has 5 amide bonds. The zero-order valence-corrected chi connectivity index (χ0v) is 22.1. The first-order valence-corrected chi connectivity index (χ1v) is 12.9. The molecule has 1 aromatic rings. The van der Waals surface area contributed by atoms with Crippen LogP contribution >= 0.6 is 23.1 Å². The molecule has 13 nitrogen and oxygen atoms in total. The third-order valence-electron chi connectivity index (χ3n) is 5.09. The molecule has 0 aromatic carbocycles.